The van der Waals surface area contributed by atoms with Crippen LogP contribution in [0, 0.1) is 6.92 Å². The molecule has 0 fully saturated rings. The summed E-state index contributed by atoms with van der Waals surface area (Å²) < 4.78 is 1.99. The molecule has 0 N–H and O–H groups in total. The summed E-state index contributed by atoms with van der Waals surface area (Å²) in [5, 5.41) is 0. The van der Waals surface area contributed by atoms with Crippen molar-refractivity contribution in [2.75, 3.05) is 5.88 Å². The van der Waals surface area contributed by atoms with E-state index in [1.54, 1.807) is 6.92 Å². The normalized spacial score (nSPS) is 10.2. The summed E-state index contributed by atoms with van der Waals surface area (Å²) in [6.07, 6.45) is 1.50. The number of aryl methyl sites for hydroxylation is 2. The number of hydrogen-bond acceptors (Lipinski definition) is 2. The first-order valence-corrected chi connectivity index (χ1v) is 4.77. The van der Waals surface area contributed by atoms with Crippen LogP contribution in [0.1, 0.15) is 5.69 Å². The maximum absolute atomic E-state index is 11.4. The average Bonchev–Trinajstić information content (AvgIpc) is 2.07. The molecular formula is C7H8BrClN2O. The van der Waals surface area contributed by atoms with E-state index in [1.165, 1.54) is 10.9 Å². The maximum Gasteiger partial charge on any atom is 0.267 e. The SMILES string of the molecule is Cc1ncn(CCCl)c(=O)c1Br. The molecule has 0 aliphatic heterocycles. The van der Waals surface area contributed by atoms with Crippen LogP contribution in [-0.2, 0) is 6.54 Å². The van der Waals surface area contributed by atoms with Crippen LogP contribution in [0.2, 0.25) is 0 Å². The van der Waals surface area contributed by atoms with E-state index in [1.807, 2.05) is 0 Å². The molecule has 5 heteroatoms. The molecule has 0 atom stereocenters. The van der Waals surface area contributed by atoms with E-state index < -0.39 is 0 Å². The van der Waals surface area contributed by atoms with Crippen LogP contribution in [0.3, 0.4) is 0 Å². The van der Waals surface area contributed by atoms with Gasteiger partial charge in [-0.05, 0) is 22.9 Å². The Balaban J connectivity index is 3.18. The molecule has 0 saturated carbocycles. The van der Waals surface area contributed by atoms with Gasteiger partial charge < -0.3 is 0 Å². The molecule has 1 rings (SSSR count). The number of alkyl halides is 1. The highest BCUT2D eigenvalue weighted by Gasteiger charge is 2.03. The third-order valence-corrected chi connectivity index (χ3v) is 2.56. The largest absolute Gasteiger partial charge is 0.297 e. The molecule has 0 spiro atoms. The van der Waals surface area contributed by atoms with E-state index >= 15 is 0 Å². The third-order valence-electron chi connectivity index (χ3n) is 1.48. The number of halogens is 2. The van der Waals surface area contributed by atoms with Gasteiger partial charge in [-0.25, -0.2) is 4.98 Å². The van der Waals surface area contributed by atoms with E-state index in [4.69, 9.17) is 11.6 Å². The van der Waals surface area contributed by atoms with Crippen LogP contribution in [0.25, 0.3) is 0 Å². The van der Waals surface area contributed by atoms with Gasteiger partial charge in [-0.2, -0.15) is 0 Å². The van der Waals surface area contributed by atoms with Gasteiger partial charge in [0.05, 0.1) is 12.0 Å². The van der Waals surface area contributed by atoms with Crippen molar-refractivity contribution in [1.82, 2.24) is 9.55 Å². The predicted octanol–water partition coefficient (Wildman–Crippen LogP) is 1.55. The smallest absolute Gasteiger partial charge is 0.267 e. The van der Waals surface area contributed by atoms with E-state index in [9.17, 15) is 4.79 Å². The molecule has 66 valence electrons. The second kappa shape index (κ2) is 4.05. The topological polar surface area (TPSA) is 34.9 Å². The van der Waals surface area contributed by atoms with Crippen LogP contribution in [0.5, 0.6) is 0 Å². The van der Waals surface area contributed by atoms with Crippen molar-refractivity contribution < 1.29 is 0 Å². The highest BCUT2D eigenvalue weighted by molar-refractivity contribution is 9.10. The lowest BCUT2D eigenvalue weighted by Crippen LogP contribution is -2.22. The zero-order valence-electron chi connectivity index (χ0n) is 6.55. The fourth-order valence-corrected chi connectivity index (χ4v) is 1.31. The molecule has 3 nitrogen and oxygen atoms in total. The van der Waals surface area contributed by atoms with Crippen molar-refractivity contribution in [2.24, 2.45) is 0 Å². The zero-order valence-corrected chi connectivity index (χ0v) is 8.89. The molecule has 1 aromatic heterocycles. The second-order valence-electron chi connectivity index (χ2n) is 2.33. The van der Waals surface area contributed by atoms with Crippen molar-refractivity contribution in [1.29, 1.82) is 0 Å². The summed E-state index contributed by atoms with van der Waals surface area (Å²) in [7, 11) is 0. The van der Waals surface area contributed by atoms with Crippen molar-refractivity contribution in [3.05, 3.63) is 26.8 Å². The predicted molar refractivity (Wildman–Crippen MR) is 51.7 cm³/mol. The first-order chi connectivity index (χ1) is 5.66. The van der Waals surface area contributed by atoms with Gasteiger partial charge in [0.1, 0.15) is 4.47 Å². The highest BCUT2D eigenvalue weighted by Crippen LogP contribution is 2.05. The lowest BCUT2D eigenvalue weighted by atomic mass is 10.4. The lowest BCUT2D eigenvalue weighted by molar-refractivity contribution is 0.701. The van der Waals surface area contributed by atoms with E-state index in [0.717, 1.165) is 0 Å². The Morgan fingerprint density at radius 1 is 1.75 bits per heavy atom. The summed E-state index contributed by atoms with van der Waals surface area (Å²) in [5.41, 5.74) is 0.619. The molecule has 12 heavy (non-hydrogen) atoms. The summed E-state index contributed by atoms with van der Waals surface area (Å²) in [6, 6.07) is 0. The number of rotatable bonds is 2. The Labute approximate surface area is 83.5 Å². The van der Waals surface area contributed by atoms with Crippen molar-refractivity contribution in [3.63, 3.8) is 0 Å². The van der Waals surface area contributed by atoms with Gasteiger partial charge in [0.2, 0.25) is 0 Å². The number of nitrogens with zero attached hydrogens (tertiary/aromatic N) is 2. The minimum absolute atomic E-state index is 0.0804. The quantitative estimate of drug-likeness (QED) is 0.748. The Morgan fingerprint density at radius 3 is 3.00 bits per heavy atom. The van der Waals surface area contributed by atoms with Crippen LogP contribution in [0.4, 0.5) is 0 Å². The molecule has 0 aromatic carbocycles. The fraction of sp³-hybridized carbons (Fsp3) is 0.429. The van der Waals surface area contributed by atoms with Gasteiger partial charge in [-0.1, -0.05) is 0 Å². The summed E-state index contributed by atoms with van der Waals surface area (Å²) in [6.45, 7) is 2.27. The van der Waals surface area contributed by atoms with Gasteiger partial charge in [0.15, 0.2) is 0 Å². The first-order valence-electron chi connectivity index (χ1n) is 3.44. The van der Waals surface area contributed by atoms with E-state index in [-0.39, 0.29) is 5.56 Å². The first kappa shape index (κ1) is 9.74. The minimum Gasteiger partial charge on any atom is -0.297 e. The Kier molecular flexibility index (Phi) is 3.29. The molecule has 1 heterocycles. The van der Waals surface area contributed by atoms with Crippen molar-refractivity contribution in [2.45, 2.75) is 13.5 Å². The molecule has 1 aromatic rings. The van der Waals surface area contributed by atoms with Crippen LogP contribution < -0.4 is 5.56 Å². The molecule has 0 aliphatic carbocycles. The van der Waals surface area contributed by atoms with Crippen LogP contribution >= 0.6 is 27.5 Å². The number of hydrogen-bond donors (Lipinski definition) is 0. The van der Waals surface area contributed by atoms with Gasteiger partial charge in [-0.15, -0.1) is 11.6 Å². The van der Waals surface area contributed by atoms with Crippen LogP contribution in [0.15, 0.2) is 15.6 Å². The standard InChI is InChI=1S/C7H8BrClN2O/c1-5-6(8)7(12)11(3-2-9)4-10-5/h4H,2-3H2,1H3. The van der Waals surface area contributed by atoms with Gasteiger partial charge >= 0.3 is 0 Å². The average molecular weight is 252 g/mol. The van der Waals surface area contributed by atoms with Gasteiger partial charge in [-0.3, -0.25) is 9.36 Å². The molecule has 0 aliphatic rings. The third kappa shape index (κ3) is 1.87. The lowest BCUT2D eigenvalue weighted by Gasteiger charge is -2.03. The van der Waals surface area contributed by atoms with Crippen molar-refractivity contribution in [3.8, 4) is 0 Å². The molecule has 0 bridgehead atoms. The molecule has 0 saturated heterocycles. The maximum atomic E-state index is 11.4. The summed E-state index contributed by atoms with van der Waals surface area (Å²) in [5.74, 6) is 0.414. The van der Waals surface area contributed by atoms with E-state index in [0.29, 0.717) is 22.6 Å². The molecule has 0 radical (unpaired) electrons. The van der Waals surface area contributed by atoms with E-state index in [2.05, 4.69) is 20.9 Å². The minimum atomic E-state index is -0.0804. The number of aromatic nitrogens is 2. The molecule has 0 unspecified atom stereocenters. The summed E-state index contributed by atoms with van der Waals surface area (Å²) in [4.78, 5) is 15.4. The Bertz CT molecular complexity index is 337. The molecular weight excluding hydrogens is 243 g/mol. The van der Waals surface area contributed by atoms with Gasteiger partial charge in [0, 0.05) is 12.4 Å². The molecule has 0 amide bonds. The second-order valence-corrected chi connectivity index (χ2v) is 3.50. The van der Waals surface area contributed by atoms with Crippen LogP contribution in [-0.4, -0.2) is 15.4 Å². The summed E-state index contributed by atoms with van der Waals surface area (Å²) >= 11 is 8.66. The van der Waals surface area contributed by atoms with Crippen molar-refractivity contribution >= 4 is 27.5 Å². The Hall–Kier alpha value is -0.350. The monoisotopic (exact) mass is 250 g/mol. The zero-order chi connectivity index (χ0) is 9.14. The Morgan fingerprint density at radius 2 is 2.42 bits per heavy atom. The fourth-order valence-electron chi connectivity index (χ4n) is 0.797. The highest BCUT2D eigenvalue weighted by atomic mass is 79.9. The van der Waals surface area contributed by atoms with Gasteiger partial charge in [0.25, 0.3) is 5.56 Å².